The number of amides is 1. The van der Waals surface area contributed by atoms with Crippen LogP contribution in [0.2, 0.25) is 0 Å². The summed E-state index contributed by atoms with van der Waals surface area (Å²) in [6.07, 6.45) is 2.20. The van der Waals surface area contributed by atoms with Gasteiger partial charge in [0.05, 0.1) is 30.1 Å². The number of aromatic nitrogens is 2. The van der Waals surface area contributed by atoms with Crippen molar-refractivity contribution >= 4 is 34.3 Å². The van der Waals surface area contributed by atoms with Gasteiger partial charge in [0.15, 0.2) is 0 Å². The van der Waals surface area contributed by atoms with Crippen LogP contribution in [0.1, 0.15) is 29.2 Å². The quantitative estimate of drug-likeness (QED) is 0.279. The van der Waals surface area contributed by atoms with E-state index in [0.717, 1.165) is 38.5 Å². The van der Waals surface area contributed by atoms with Crippen molar-refractivity contribution in [2.75, 3.05) is 12.9 Å². The largest absolute Gasteiger partial charge is 0.497 e. The number of carbonyl (C=O) groups excluding carboxylic acids is 1. The zero-order valence-corrected chi connectivity index (χ0v) is 19.8. The van der Waals surface area contributed by atoms with Gasteiger partial charge < -0.3 is 4.74 Å². The van der Waals surface area contributed by atoms with E-state index >= 15 is 0 Å². The van der Waals surface area contributed by atoms with Crippen molar-refractivity contribution in [2.45, 2.75) is 24.4 Å². The number of methoxy groups -OCH3 is 1. The lowest BCUT2D eigenvalue weighted by molar-refractivity contribution is -0.130. The number of benzene rings is 3. The fourth-order valence-corrected chi connectivity index (χ4v) is 4.88. The van der Waals surface area contributed by atoms with E-state index in [9.17, 15) is 4.79 Å². The summed E-state index contributed by atoms with van der Waals surface area (Å²) in [6, 6.07) is 23.8. The van der Waals surface area contributed by atoms with Crippen LogP contribution in [-0.4, -0.2) is 39.5 Å². The Balaban J connectivity index is 1.41. The highest BCUT2D eigenvalue weighted by Gasteiger charge is 2.33. The summed E-state index contributed by atoms with van der Waals surface area (Å²) in [4.78, 5) is 22.1. The fourth-order valence-electron chi connectivity index (χ4n) is 4.04. The highest BCUT2D eigenvalue weighted by molar-refractivity contribution is 8.00. The summed E-state index contributed by atoms with van der Waals surface area (Å²) in [6.45, 7) is 2.06. The van der Waals surface area contributed by atoms with Crippen LogP contribution in [0, 0.1) is 6.92 Å². The van der Waals surface area contributed by atoms with Gasteiger partial charge in [0.25, 0.3) is 5.91 Å². The van der Waals surface area contributed by atoms with E-state index in [1.54, 1.807) is 18.4 Å². The van der Waals surface area contributed by atoms with Gasteiger partial charge >= 0.3 is 0 Å². The molecule has 0 saturated carbocycles. The van der Waals surface area contributed by atoms with Crippen molar-refractivity contribution in [2.24, 2.45) is 5.10 Å². The van der Waals surface area contributed by atoms with E-state index in [0.29, 0.717) is 6.42 Å². The first-order chi connectivity index (χ1) is 16.6. The third-order valence-corrected chi connectivity index (χ3v) is 6.88. The van der Waals surface area contributed by atoms with Crippen molar-refractivity contribution < 1.29 is 9.53 Å². The minimum atomic E-state index is -0.145. The van der Waals surface area contributed by atoms with Crippen LogP contribution in [0.3, 0.4) is 0 Å². The first-order valence-corrected chi connectivity index (χ1v) is 12.0. The molecule has 0 fully saturated rings. The molecular formula is C27H24N4O2S. The van der Waals surface area contributed by atoms with Crippen molar-refractivity contribution in [1.29, 1.82) is 0 Å². The number of hydrogen-bond acceptors (Lipinski definition) is 6. The lowest BCUT2D eigenvalue weighted by Crippen LogP contribution is -2.28. The summed E-state index contributed by atoms with van der Waals surface area (Å²) in [7, 11) is 1.65. The number of aryl methyl sites for hydroxylation is 1. The van der Waals surface area contributed by atoms with Crippen molar-refractivity contribution in [3.63, 3.8) is 0 Å². The van der Waals surface area contributed by atoms with E-state index in [1.807, 2.05) is 48.5 Å². The maximum atomic E-state index is 13.4. The zero-order valence-electron chi connectivity index (χ0n) is 19.0. The molecule has 1 amide bonds. The van der Waals surface area contributed by atoms with E-state index in [-0.39, 0.29) is 17.7 Å². The van der Waals surface area contributed by atoms with Gasteiger partial charge in [0.2, 0.25) is 0 Å². The van der Waals surface area contributed by atoms with Crippen LogP contribution in [0.5, 0.6) is 5.75 Å². The van der Waals surface area contributed by atoms with Gasteiger partial charge in [-0.15, -0.1) is 0 Å². The normalized spacial score (nSPS) is 15.4. The molecule has 1 aliphatic rings. The topological polar surface area (TPSA) is 67.7 Å². The Morgan fingerprint density at radius 2 is 1.79 bits per heavy atom. The Morgan fingerprint density at radius 1 is 1.03 bits per heavy atom. The van der Waals surface area contributed by atoms with Crippen LogP contribution >= 0.6 is 11.8 Å². The SMILES string of the molecule is COc1ccc(C2=NN(C(=O)CSc3ncnc4ccccc34)[C@H](c3ccc(C)cc3)C2)cc1. The van der Waals surface area contributed by atoms with Crippen molar-refractivity contribution in [1.82, 2.24) is 15.0 Å². The Bertz CT molecular complexity index is 1350. The second-order valence-corrected chi connectivity index (χ2v) is 9.09. The predicted octanol–water partition coefficient (Wildman–Crippen LogP) is 5.42. The molecule has 7 heteroatoms. The number of hydrazone groups is 1. The minimum Gasteiger partial charge on any atom is -0.497 e. The molecule has 0 radical (unpaired) electrons. The van der Waals surface area contributed by atoms with Crippen molar-refractivity contribution in [3.05, 3.63) is 95.8 Å². The standard InChI is InChI=1S/C27H24N4O2S/c1-18-7-9-20(10-8-18)25-15-24(19-11-13-21(33-2)14-12-19)30-31(25)26(32)16-34-27-22-5-3-4-6-23(22)28-17-29-27/h3-14,17,25H,15-16H2,1-2H3/t25-/m0/s1. The van der Waals surface area contributed by atoms with Gasteiger partial charge in [-0.1, -0.05) is 59.8 Å². The molecule has 1 aliphatic heterocycles. The van der Waals surface area contributed by atoms with Crippen LogP contribution in [0.15, 0.2) is 89.3 Å². The average Bonchev–Trinajstić information content (AvgIpc) is 3.33. The molecule has 1 aromatic heterocycles. The molecular weight excluding hydrogens is 444 g/mol. The monoisotopic (exact) mass is 468 g/mol. The lowest BCUT2D eigenvalue weighted by Gasteiger charge is -2.22. The summed E-state index contributed by atoms with van der Waals surface area (Å²) in [5.74, 6) is 0.976. The van der Waals surface area contributed by atoms with Gasteiger partial charge in [-0.2, -0.15) is 5.10 Å². The van der Waals surface area contributed by atoms with Gasteiger partial charge in [0.1, 0.15) is 17.1 Å². The van der Waals surface area contributed by atoms with Gasteiger partial charge in [0, 0.05) is 11.8 Å². The average molecular weight is 469 g/mol. The summed E-state index contributed by atoms with van der Waals surface area (Å²) >= 11 is 1.42. The number of thioether (sulfide) groups is 1. The van der Waals surface area contributed by atoms with Crippen LogP contribution in [0.25, 0.3) is 10.9 Å². The molecule has 0 N–H and O–H groups in total. The van der Waals surface area contributed by atoms with Crippen LogP contribution in [-0.2, 0) is 4.79 Å². The molecule has 3 aromatic carbocycles. The van der Waals surface area contributed by atoms with E-state index in [2.05, 4.69) is 41.2 Å². The Labute approximate surface area is 202 Å². The number of para-hydroxylation sites is 1. The van der Waals surface area contributed by atoms with E-state index in [4.69, 9.17) is 9.84 Å². The number of carbonyl (C=O) groups is 1. The lowest BCUT2D eigenvalue weighted by atomic mass is 9.97. The van der Waals surface area contributed by atoms with Crippen LogP contribution < -0.4 is 4.74 Å². The second-order valence-electron chi connectivity index (χ2n) is 8.13. The Kier molecular flexibility index (Phi) is 6.27. The maximum absolute atomic E-state index is 13.4. The third kappa shape index (κ3) is 4.52. The fraction of sp³-hybridized carbons (Fsp3) is 0.185. The highest BCUT2D eigenvalue weighted by atomic mass is 32.2. The molecule has 0 aliphatic carbocycles. The molecule has 2 heterocycles. The highest BCUT2D eigenvalue weighted by Crippen LogP contribution is 2.34. The molecule has 4 aromatic rings. The number of ether oxygens (including phenoxy) is 1. The summed E-state index contributed by atoms with van der Waals surface area (Å²) in [5, 5.41) is 8.16. The third-order valence-electron chi connectivity index (χ3n) is 5.89. The molecule has 1 atom stereocenters. The smallest absolute Gasteiger partial charge is 0.253 e. The van der Waals surface area contributed by atoms with Gasteiger partial charge in [-0.3, -0.25) is 4.79 Å². The molecule has 0 saturated heterocycles. The predicted molar refractivity (Wildman–Crippen MR) is 135 cm³/mol. The molecule has 0 unspecified atom stereocenters. The number of nitrogens with zero attached hydrogens (tertiary/aromatic N) is 4. The first-order valence-electron chi connectivity index (χ1n) is 11.1. The zero-order chi connectivity index (χ0) is 23.5. The number of fused-ring (bicyclic) bond motifs is 1. The molecule has 34 heavy (non-hydrogen) atoms. The minimum absolute atomic E-state index is 0.0539. The molecule has 0 bridgehead atoms. The summed E-state index contributed by atoms with van der Waals surface area (Å²) < 4.78 is 5.28. The Morgan fingerprint density at radius 3 is 2.56 bits per heavy atom. The molecule has 0 spiro atoms. The Hall–Kier alpha value is -3.71. The molecule has 5 rings (SSSR count). The molecule has 6 nitrogen and oxygen atoms in total. The number of hydrogen-bond donors (Lipinski definition) is 0. The van der Waals surface area contributed by atoms with Crippen molar-refractivity contribution in [3.8, 4) is 5.75 Å². The van der Waals surface area contributed by atoms with Gasteiger partial charge in [-0.05, 0) is 48.4 Å². The van der Waals surface area contributed by atoms with E-state index < -0.39 is 0 Å². The second kappa shape index (κ2) is 9.65. The molecule has 170 valence electrons. The van der Waals surface area contributed by atoms with Crippen LogP contribution in [0.4, 0.5) is 0 Å². The van der Waals surface area contributed by atoms with E-state index in [1.165, 1.54) is 17.3 Å². The first kappa shape index (κ1) is 22.1. The maximum Gasteiger partial charge on any atom is 0.253 e. The number of rotatable bonds is 6. The summed E-state index contributed by atoms with van der Waals surface area (Å²) in [5.41, 5.74) is 5.00. The van der Waals surface area contributed by atoms with Gasteiger partial charge in [-0.25, -0.2) is 15.0 Å².